The van der Waals surface area contributed by atoms with Crippen LogP contribution in [0.25, 0.3) is 5.57 Å². The van der Waals surface area contributed by atoms with Gasteiger partial charge in [0.05, 0.1) is 0 Å². The van der Waals surface area contributed by atoms with E-state index in [9.17, 15) is 0 Å². The summed E-state index contributed by atoms with van der Waals surface area (Å²) in [7, 11) is 0. The van der Waals surface area contributed by atoms with Crippen molar-refractivity contribution in [3.05, 3.63) is 42.1 Å². The molecule has 17 heavy (non-hydrogen) atoms. The highest BCUT2D eigenvalue weighted by Gasteiger charge is 2.10. The maximum absolute atomic E-state index is 4.48. The molecule has 0 saturated heterocycles. The molecule has 1 aromatic rings. The summed E-state index contributed by atoms with van der Waals surface area (Å²) in [5.74, 6) is 1.37. The van der Waals surface area contributed by atoms with Crippen molar-refractivity contribution in [1.29, 1.82) is 0 Å². The zero-order valence-electron chi connectivity index (χ0n) is 10.8. The molecule has 2 atom stereocenters. The van der Waals surface area contributed by atoms with E-state index in [4.69, 9.17) is 0 Å². The fraction of sp³-hybridized carbons (Fsp3) is 0.438. The third-order valence-corrected chi connectivity index (χ3v) is 3.40. The summed E-state index contributed by atoms with van der Waals surface area (Å²) in [5, 5.41) is 0. The van der Waals surface area contributed by atoms with E-state index in [1.807, 2.05) is 6.20 Å². The number of hydrogen-bond acceptors (Lipinski definition) is 1. The normalized spacial score (nSPS) is 30.6. The first-order valence-corrected chi connectivity index (χ1v) is 6.53. The predicted molar refractivity (Wildman–Crippen MR) is 75.1 cm³/mol. The fourth-order valence-electron chi connectivity index (χ4n) is 2.43. The molecule has 0 amide bonds. The Morgan fingerprint density at radius 1 is 1.12 bits per heavy atom. The van der Waals surface area contributed by atoms with Gasteiger partial charge in [0, 0.05) is 12.4 Å². The molecule has 90 valence electrons. The van der Waals surface area contributed by atoms with Crippen LogP contribution in [0.4, 0.5) is 0 Å². The van der Waals surface area contributed by atoms with Crippen molar-refractivity contribution in [3.8, 4) is 0 Å². The van der Waals surface area contributed by atoms with E-state index in [0.717, 1.165) is 12.3 Å². The molecule has 1 heterocycles. The van der Waals surface area contributed by atoms with E-state index in [1.165, 1.54) is 24.0 Å². The minimum absolute atomic E-state index is 0.594. The summed E-state index contributed by atoms with van der Waals surface area (Å²) in [5.41, 5.74) is 2.68. The Balaban J connectivity index is 2.21. The SMILES string of the molecule is CC1/C=N\C=C(\c2ccccc2)CCC(C)C1. The van der Waals surface area contributed by atoms with Crippen molar-refractivity contribution in [1.82, 2.24) is 0 Å². The number of aliphatic imine (C=N–C) groups is 1. The Labute approximate surface area is 104 Å². The zero-order chi connectivity index (χ0) is 12.1. The molecule has 0 aliphatic carbocycles. The smallest absolute Gasteiger partial charge is 0.0302 e. The number of nitrogens with zero attached hydrogens (tertiary/aromatic N) is 1. The van der Waals surface area contributed by atoms with Crippen LogP contribution in [0.5, 0.6) is 0 Å². The van der Waals surface area contributed by atoms with E-state index in [1.54, 1.807) is 0 Å². The van der Waals surface area contributed by atoms with Gasteiger partial charge in [-0.15, -0.1) is 0 Å². The Kier molecular flexibility index (Phi) is 4.13. The highest BCUT2D eigenvalue weighted by molar-refractivity contribution is 5.69. The van der Waals surface area contributed by atoms with Gasteiger partial charge in [-0.2, -0.15) is 0 Å². The molecule has 0 bridgehead atoms. The minimum atomic E-state index is 0.594. The van der Waals surface area contributed by atoms with Crippen molar-refractivity contribution in [3.63, 3.8) is 0 Å². The van der Waals surface area contributed by atoms with Crippen LogP contribution in [0, 0.1) is 11.8 Å². The van der Waals surface area contributed by atoms with Crippen LogP contribution in [0.3, 0.4) is 0 Å². The number of rotatable bonds is 1. The van der Waals surface area contributed by atoms with Crippen LogP contribution >= 0.6 is 0 Å². The van der Waals surface area contributed by atoms with E-state index in [-0.39, 0.29) is 0 Å². The lowest BCUT2D eigenvalue weighted by Crippen LogP contribution is -2.03. The second-order valence-corrected chi connectivity index (χ2v) is 5.18. The van der Waals surface area contributed by atoms with Gasteiger partial charge in [-0.05, 0) is 42.2 Å². The third kappa shape index (κ3) is 3.55. The molecule has 1 aliphatic rings. The molecule has 0 saturated carbocycles. The molecule has 1 aromatic carbocycles. The maximum atomic E-state index is 4.48. The first-order chi connectivity index (χ1) is 8.25. The van der Waals surface area contributed by atoms with E-state index in [2.05, 4.69) is 55.4 Å². The molecule has 1 aliphatic heterocycles. The van der Waals surface area contributed by atoms with E-state index >= 15 is 0 Å². The number of benzene rings is 1. The van der Waals surface area contributed by atoms with Crippen LogP contribution in [0.1, 0.15) is 38.7 Å². The second-order valence-electron chi connectivity index (χ2n) is 5.18. The van der Waals surface area contributed by atoms with Gasteiger partial charge in [0.2, 0.25) is 0 Å². The van der Waals surface area contributed by atoms with Crippen molar-refractivity contribution >= 4 is 11.8 Å². The maximum Gasteiger partial charge on any atom is 0.0302 e. The molecule has 0 fully saturated rings. The molecule has 0 radical (unpaired) electrons. The number of allylic oxidation sites excluding steroid dienone is 1. The first-order valence-electron chi connectivity index (χ1n) is 6.53. The molecular formula is C16H21N. The van der Waals surface area contributed by atoms with Gasteiger partial charge in [-0.3, -0.25) is 4.99 Å². The van der Waals surface area contributed by atoms with Gasteiger partial charge in [0.1, 0.15) is 0 Å². The van der Waals surface area contributed by atoms with Crippen LogP contribution in [-0.2, 0) is 0 Å². The summed E-state index contributed by atoms with van der Waals surface area (Å²) in [4.78, 5) is 4.48. The molecule has 0 N–H and O–H groups in total. The summed E-state index contributed by atoms with van der Waals surface area (Å²) < 4.78 is 0. The fourth-order valence-corrected chi connectivity index (χ4v) is 2.43. The summed E-state index contributed by atoms with van der Waals surface area (Å²) >= 11 is 0. The van der Waals surface area contributed by atoms with Gasteiger partial charge in [-0.1, -0.05) is 44.2 Å². The lowest BCUT2D eigenvalue weighted by molar-refractivity contribution is 0.461. The third-order valence-electron chi connectivity index (χ3n) is 3.40. The van der Waals surface area contributed by atoms with E-state index < -0.39 is 0 Å². The van der Waals surface area contributed by atoms with E-state index in [0.29, 0.717) is 5.92 Å². The predicted octanol–water partition coefficient (Wildman–Crippen LogP) is 4.55. The Morgan fingerprint density at radius 3 is 2.65 bits per heavy atom. The Hall–Kier alpha value is -1.37. The first kappa shape index (κ1) is 12.1. The summed E-state index contributed by atoms with van der Waals surface area (Å²) in [6.07, 6.45) is 7.78. The molecule has 1 nitrogen and oxygen atoms in total. The Morgan fingerprint density at radius 2 is 1.88 bits per heavy atom. The molecule has 1 heteroatoms. The van der Waals surface area contributed by atoms with Gasteiger partial charge < -0.3 is 0 Å². The van der Waals surface area contributed by atoms with Crippen molar-refractivity contribution in [2.75, 3.05) is 0 Å². The summed E-state index contributed by atoms with van der Waals surface area (Å²) in [6.45, 7) is 4.60. The largest absolute Gasteiger partial charge is 0.269 e. The van der Waals surface area contributed by atoms with Gasteiger partial charge in [0.15, 0.2) is 0 Å². The molecule has 2 rings (SSSR count). The Bertz CT molecular complexity index is 403. The lowest BCUT2D eigenvalue weighted by Gasteiger charge is -2.13. The van der Waals surface area contributed by atoms with Crippen LogP contribution in [0.2, 0.25) is 0 Å². The summed E-state index contributed by atoms with van der Waals surface area (Å²) in [6, 6.07) is 10.6. The van der Waals surface area contributed by atoms with Crippen molar-refractivity contribution in [2.45, 2.75) is 33.1 Å². The second kappa shape index (κ2) is 5.81. The van der Waals surface area contributed by atoms with Gasteiger partial charge in [0.25, 0.3) is 0 Å². The van der Waals surface area contributed by atoms with Gasteiger partial charge >= 0.3 is 0 Å². The minimum Gasteiger partial charge on any atom is -0.269 e. The van der Waals surface area contributed by atoms with Crippen molar-refractivity contribution in [2.24, 2.45) is 16.8 Å². The quantitative estimate of drug-likeness (QED) is 0.667. The molecule has 0 spiro atoms. The molecular weight excluding hydrogens is 206 g/mol. The topological polar surface area (TPSA) is 12.4 Å². The highest BCUT2D eigenvalue weighted by atomic mass is 14.7. The van der Waals surface area contributed by atoms with Crippen LogP contribution in [0.15, 0.2) is 41.5 Å². The van der Waals surface area contributed by atoms with Crippen LogP contribution < -0.4 is 0 Å². The lowest BCUT2D eigenvalue weighted by atomic mass is 9.91. The zero-order valence-corrected chi connectivity index (χ0v) is 10.8. The standard InChI is InChI=1S/C16H21N/c1-13-8-9-16(12-17-11-14(2)10-13)15-6-4-3-5-7-15/h3-7,11-14H,8-10H2,1-2H3/b16-12+,17-11-. The van der Waals surface area contributed by atoms with Gasteiger partial charge in [-0.25, -0.2) is 0 Å². The molecule has 0 aromatic heterocycles. The van der Waals surface area contributed by atoms with Crippen LogP contribution in [-0.4, -0.2) is 6.21 Å². The monoisotopic (exact) mass is 227 g/mol. The average molecular weight is 227 g/mol. The average Bonchev–Trinajstić information content (AvgIpc) is 2.41. The molecule has 2 unspecified atom stereocenters. The number of hydrogen-bond donors (Lipinski definition) is 0. The highest BCUT2D eigenvalue weighted by Crippen LogP contribution is 2.26. The van der Waals surface area contributed by atoms with Crippen molar-refractivity contribution < 1.29 is 0 Å².